The van der Waals surface area contributed by atoms with Gasteiger partial charge >= 0.3 is 0 Å². The number of rotatable bonds is 2. The summed E-state index contributed by atoms with van der Waals surface area (Å²) in [6, 6.07) is 12.8. The van der Waals surface area contributed by atoms with E-state index in [-0.39, 0.29) is 18.4 Å². The van der Waals surface area contributed by atoms with Gasteiger partial charge in [-0.2, -0.15) is 0 Å². The Labute approximate surface area is 145 Å². The van der Waals surface area contributed by atoms with Crippen molar-refractivity contribution in [3.63, 3.8) is 0 Å². The summed E-state index contributed by atoms with van der Waals surface area (Å²) >= 11 is 0. The van der Waals surface area contributed by atoms with Crippen LogP contribution in [0.15, 0.2) is 42.5 Å². The second-order valence-electron chi connectivity index (χ2n) is 6.13. The van der Waals surface area contributed by atoms with E-state index >= 15 is 0 Å². The summed E-state index contributed by atoms with van der Waals surface area (Å²) in [7, 11) is 0. The highest BCUT2D eigenvalue weighted by molar-refractivity contribution is 5.96. The van der Waals surface area contributed by atoms with Gasteiger partial charge < -0.3 is 20.1 Å². The smallest absolute Gasteiger partial charge is 0.269 e. The molecule has 1 atom stereocenters. The van der Waals surface area contributed by atoms with Crippen LogP contribution < -0.4 is 20.1 Å². The Balaban J connectivity index is 1.47. The minimum absolute atomic E-state index is 0.0296. The van der Waals surface area contributed by atoms with Crippen LogP contribution in [0.5, 0.6) is 11.5 Å². The molecular formula is C19H18N2O4. The van der Waals surface area contributed by atoms with E-state index in [1.807, 2.05) is 30.3 Å². The van der Waals surface area contributed by atoms with E-state index in [1.165, 1.54) is 0 Å². The molecule has 2 aliphatic rings. The van der Waals surface area contributed by atoms with Crippen molar-refractivity contribution in [3.8, 4) is 11.5 Å². The number of nitrogens with one attached hydrogen (secondary N) is 2. The predicted octanol–water partition coefficient (Wildman–Crippen LogP) is 2.74. The number of carbonyl (C=O) groups is 2. The average Bonchev–Trinajstić information content (AvgIpc) is 2.81. The molecule has 128 valence electrons. The first kappa shape index (κ1) is 15.5. The fourth-order valence-electron chi connectivity index (χ4n) is 3.02. The molecule has 4 rings (SSSR count). The van der Waals surface area contributed by atoms with Gasteiger partial charge in [0.15, 0.2) is 11.5 Å². The van der Waals surface area contributed by atoms with Gasteiger partial charge in [0.2, 0.25) is 12.0 Å². The van der Waals surface area contributed by atoms with Crippen LogP contribution in [-0.2, 0) is 16.0 Å². The molecule has 2 aromatic rings. The fourth-order valence-corrected chi connectivity index (χ4v) is 3.02. The van der Waals surface area contributed by atoms with E-state index in [1.54, 1.807) is 12.1 Å². The monoisotopic (exact) mass is 338 g/mol. The summed E-state index contributed by atoms with van der Waals surface area (Å²) < 4.78 is 11.3. The summed E-state index contributed by atoms with van der Waals surface area (Å²) in [5.41, 5.74) is 2.52. The van der Waals surface area contributed by atoms with E-state index in [0.717, 1.165) is 24.1 Å². The Kier molecular flexibility index (Phi) is 4.01. The highest BCUT2D eigenvalue weighted by Gasteiger charge is 2.27. The van der Waals surface area contributed by atoms with Crippen LogP contribution in [0.4, 0.5) is 11.4 Å². The first-order valence-corrected chi connectivity index (χ1v) is 8.31. The molecule has 6 heteroatoms. The number of carbonyl (C=O) groups excluding carboxylic acids is 2. The lowest BCUT2D eigenvalue weighted by molar-refractivity contribution is -0.125. The fraction of sp³-hybridized carbons (Fsp3) is 0.263. The van der Waals surface area contributed by atoms with Gasteiger partial charge in [-0.3, -0.25) is 9.59 Å². The van der Waals surface area contributed by atoms with Crippen molar-refractivity contribution in [1.82, 2.24) is 0 Å². The molecule has 0 saturated carbocycles. The minimum atomic E-state index is -0.701. The van der Waals surface area contributed by atoms with E-state index < -0.39 is 6.10 Å². The van der Waals surface area contributed by atoms with Crippen molar-refractivity contribution in [3.05, 3.63) is 48.0 Å². The molecule has 0 radical (unpaired) electrons. The maximum atomic E-state index is 12.5. The first-order valence-electron chi connectivity index (χ1n) is 8.31. The normalized spacial score (nSPS) is 18.6. The number of para-hydroxylation sites is 2. The maximum Gasteiger partial charge on any atom is 0.269 e. The maximum absolute atomic E-state index is 12.5. The number of ether oxygens (including phenoxy) is 2. The number of aryl methyl sites for hydroxylation is 1. The lowest BCUT2D eigenvalue weighted by atomic mass is 10.1. The zero-order chi connectivity index (χ0) is 17.2. The number of benzene rings is 2. The van der Waals surface area contributed by atoms with Crippen molar-refractivity contribution < 1.29 is 19.1 Å². The third-order valence-electron chi connectivity index (χ3n) is 4.30. The van der Waals surface area contributed by atoms with Gasteiger partial charge in [-0.05, 0) is 48.7 Å². The number of anilines is 2. The molecule has 2 aliphatic heterocycles. The van der Waals surface area contributed by atoms with E-state index in [9.17, 15) is 9.59 Å². The number of hydrogen-bond acceptors (Lipinski definition) is 4. The van der Waals surface area contributed by atoms with E-state index in [0.29, 0.717) is 23.6 Å². The van der Waals surface area contributed by atoms with Gasteiger partial charge in [0.25, 0.3) is 5.91 Å². The minimum Gasteiger partial charge on any atom is -0.485 e. The second-order valence-corrected chi connectivity index (χ2v) is 6.13. The molecule has 0 spiro atoms. The molecule has 25 heavy (non-hydrogen) atoms. The van der Waals surface area contributed by atoms with Crippen molar-refractivity contribution in [2.24, 2.45) is 0 Å². The highest BCUT2D eigenvalue weighted by atomic mass is 16.6. The Morgan fingerprint density at radius 1 is 1.12 bits per heavy atom. The Bertz CT molecular complexity index is 834. The summed E-state index contributed by atoms with van der Waals surface area (Å²) in [4.78, 5) is 24.1. The van der Waals surface area contributed by atoms with Crippen molar-refractivity contribution in [2.75, 3.05) is 17.2 Å². The molecule has 2 heterocycles. The molecule has 0 unspecified atom stereocenters. The zero-order valence-corrected chi connectivity index (χ0v) is 13.6. The first-order chi connectivity index (χ1) is 12.2. The van der Waals surface area contributed by atoms with Crippen LogP contribution in [-0.4, -0.2) is 24.5 Å². The summed E-state index contributed by atoms with van der Waals surface area (Å²) in [5, 5.41) is 5.75. The van der Waals surface area contributed by atoms with Crippen LogP contribution in [0, 0.1) is 0 Å². The molecular weight excluding hydrogens is 320 g/mol. The van der Waals surface area contributed by atoms with Crippen molar-refractivity contribution >= 4 is 23.2 Å². The highest BCUT2D eigenvalue weighted by Crippen LogP contribution is 2.31. The molecule has 0 saturated heterocycles. The average molecular weight is 338 g/mol. The Hall–Kier alpha value is -3.02. The van der Waals surface area contributed by atoms with Crippen molar-refractivity contribution in [1.29, 1.82) is 0 Å². The zero-order valence-electron chi connectivity index (χ0n) is 13.6. The predicted molar refractivity (Wildman–Crippen MR) is 93.0 cm³/mol. The topological polar surface area (TPSA) is 76.7 Å². The van der Waals surface area contributed by atoms with E-state index in [4.69, 9.17) is 9.47 Å². The number of hydrogen-bond donors (Lipinski definition) is 2. The van der Waals surface area contributed by atoms with Gasteiger partial charge in [0.1, 0.15) is 6.61 Å². The Morgan fingerprint density at radius 3 is 2.84 bits per heavy atom. The van der Waals surface area contributed by atoms with Gasteiger partial charge in [-0.25, -0.2) is 0 Å². The molecule has 0 fully saturated rings. The standard InChI is InChI=1S/C19H18N2O4/c22-18-7-3-4-12-10-13(8-9-14(12)21-18)20-19(23)17-11-24-15-5-1-2-6-16(15)25-17/h1-2,5-6,8-10,17H,3-4,7,11H2,(H,20,23)(H,21,22)/t17-/m1/s1. The second kappa shape index (κ2) is 6.47. The molecule has 0 aliphatic carbocycles. The van der Waals surface area contributed by atoms with Crippen LogP contribution >= 0.6 is 0 Å². The van der Waals surface area contributed by atoms with Crippen molar-refractivity contribution in [2.45, 2.75) is 25.4 Å². The van der Waals surface area contributed by atoms with E-state index in [2.05, 4.69) is 10.6 Å². The van der Waals surface area contributed by atoms with Gasteiger partial charge in [0, 0.05) is 17.8 Å². The quantitative estimate of drug-likeness (QED) is 0.883. The van der Waals surface area contributed by atoms with Gasteiger partial charge in [-0.15, -0.1) is 0 Å². The summed E-state index contributed by atoms with van der Waals surface area (Å²) in [6.07, 6.45) is 1.41. The largest absolute Gasteiger partial charge is 0.485 e. The molecule has 2 N–H and O–H groups in total. The lowest BCUT2D eigenvalue weighted by Gasteiger charge is -2.25. The third-order valence-corrected chi connectivity index (χ3v) is 4.30. The summed E-state index contributed by atoms with van der Waals surface area (Å²) in [6.45, 7) is 0.170. The number of amides is 2. The van der Waals surface area contributed by atoms with Crippen LogP contribution in [0.25, 0.3) is 0 Å². The molecule has 6 nitrogen and oxygen atoms in total. The molecule has 2 aromatic carbocycles. The Morgan fingerprint density at radius 2 is 1.96 bits per heavy atom. The van der Waals surface area contributed by atoms with Crippen LogP contribution in [0.2, 0.25) is 0 Å². The lowest BCUT2D eigenvalue weighted by Crippen LogP contribution is -2.40. The molecule has 0 aromatic heterocycles. The van der Waals surface area contributed by atoms with Crippen LogP contribution in [0.1, 0.15) is 18.4 Å². The molecule has 0 bridgehead atoms. The number of fused-ring (bicyclic) bond motifs is 2. The third kappa shape index (κ3) is 3.28. The molecule has 2 amide bonds. The summed E-state index contributed by atoms with van der Waals surface area (Å²) in [5.74, 6) is 0.986. The van der Waals surface area contributed by atoms with Gasteiger partial charge in [0.05, 0.1) is 0 Å². The SMILES string of the molecule is O=C1CCCc2cc(NC(=O)[C@H]3COc4ccccc4O3)ccc2N1. The van der Waals surface area contributed by atoms with Gasteiger partial charge in [-0.1, -0.05) is 12.1 Å². The van der Waals surface area contributed by atoms with Crippen LogP contribution in [0.3, 0.4) is 0 Å².